The number of amides is 1. The molecule has 0 saturated carbocycles. The fourth-order valence-electron chi connectivity index (χ4n) is 0.941. The molecular weight excluding hydrogens is 182 g/mol. The van der Waals surface area contributed by atoms with Crippen LogP contribution in [0.4, 0.5) is 5.69 Å². The lowest BCUT2D eigenvalue weighted by molar-refractivity contribution is -0.111. The number of thiol groups is 1. The van der Waals surface area contributed by atoms with Crippen LogP contribution in [0.15, 0.2) is 36.9 Å². The topological polar surface area (TPSA) is 29.1 Å². The average molecular weight is 193 g/mol. The van der Waals surface area contributed by atoms with Gasteiger partial charge in [0.25, 0.3) is 0 Å². The standard InChI is InChI=1S/C10H11NOS/c1-2-10(12)11-9-5-3-4-8(6-9)7-13/h2-6,13H,1,7H2,(H,11,12). The molecule has 1 rings (SSSR count). The van der Waals surface area contributed by atoms with Gasteiger partial charge < -0.3 is 5.32 Å². The van der Waals surface area contributed by atoms with Crippen molar-refractivity contribution >= 4 is 24.2 Å². The van der Waals surface area contributed by atoms with Crippen molar-refractivity contribution in [3.8, 4) is 0 Å². The number of carbonyl (C=O) groups is 1. The van der Waals surface area contributed by atoms with Crippen molar-refractivity contribution in [1.29, 1.82) is 0 Å². The van der Waals surface area contributed by atoms with E-state index in [-0.39, 0.29) is 5.91 Å². The molecular formula is C10H11NOS. The van der Waals surface area contributed by atoms with Crippen LogP contribution in [0.3, 0.4) is 0 Å². The molecule has 0 atom stereocenters. The van der Waals surface area contributed by atoms with Gasteiger partial charge in [-0.15, -0.1) is 0 Å². The van der Waals surface area contributed by atoms with Gasteiger partial charge in [0.2, 0.25) is 5.91 Å². The van der Waals surface area contributed by atoms with Crippen LogP contribution in [0.25, 0.3) is 0 Å². The molecule has 0 aliphatic rings. The third-order valence-electron chi connectivity index (χ3n) is 1.56. The zero-order valence-corrected chi connectivity index (χ0v) is 8.05. The van der Waals surface area contributed by atoms with E-state index >= 15 is 0 Å². The van der Waals surface area contributed by atoms with Crippen LogP contribution in [0.5, 0.6) is 0 Å². The van der Waals surface area contributed by atoms with Gasteiger partial charge in [-0.2, -0.15) is 12.6 Å². The maximum absolute atomic E-state index is 10.9. The summed E-state index contributed by atoms with van der Waals surface area (Å²) in [4.78, 5) is 10.9. The number of rotatable bonds is 3. The van der Waals surface area contributed by atoms with E-state index in [4.69, 9.17) is 0 Å². The molecule has 0 unspecified atom stereocenters. The van der Waals surface area contributed by atoms with Gasteiger partial charge in [-0.05, 0) is 23.8 Å². The van der Waals surface area contributed by atoms with E-state index in [0.717, 1.165) is 11.3 Å². The Hall–Kier alpha value is -1.22. The zero-order chi connectivity index (χ0) is 9.68. The lowest BCUT2D eigenvalue weighted by Gasteiger charge is -2.03. The van der Waals surface area contributed by atoms with Crippen LogP contribution in [0, 0.1) is 0 Å². The van der Waals surface area contributed by atoms with Crippen LogP contribution in [0.1, 0.15) is 5.56 Å². The van der Waals surface area contributed by atoms with Crippen molar-refractivity contribution in [2.45, 2.75) is 5.75 Å². The second kappa shape index (κ2) is 4.72. The normalized spacial score (nSPS) is 9.31. The van der Waals surface area contributed by atoms with Gasteiger partial charge in [-0.3, -0.25) is 4.79 Å². The first-order valence-corrected chi connectivity index (χ1v) is 4.52. The number of hydrogen-bond donors (Lipinski definition) is 2. The quantitative estimate of drug-likeness (QED) is 0.559. The van der Waals surface area contributed by atoms with E-state index in [1.165, 1.54) is 6.08 Å². The van der Waals surface area contributed by atoms with Gasteiger partial charge in [0.15, 0.2) is 0 Å². The maximum atomic E-state index is 10.9. The Morgan fingerprint density at radius 2 is 2.38 bits per heavy atom. The molecule has 13 heavy (non-hydrogen) atoms. The molecule has 68 valence electrons. The highest BCUT2D eigenvalue weighted by Crippen LogP contribution is 2.11. The highest BCUT2D eigenvalue weighted by Gasteiger charge is 1.96. The summed E-state index contributed by atoms with van der Waals surface area (Å²) in [7, 11) is 0. The molecule has 0 spiro atoms. The SMILES string of the molecule is C=CC(=O)Nc1cccc(CS)c1. The molecule has 0 radical (unpaired) electrons. The van der Waals surface area contributed by atoms with E-state index in [1.54, 1.807) is 0 Å². The van der Waals surface area contributed by atoms with Crippen molar-refractivity contribution in [3.63, 3.8) is 0 Å². The number of anilines is 1. The molecule has 3 heteroatoms. The van der Waals surface area contributed by atoms with E-state index in [2.05, 4.69) is 24.5 Å². The summed E-state index contributed by atoms with van der Waals surface area (Å²) < 4.78 is 0. The Labute approximate surface area is 83.1 Å². The van der Waals surface area contributed by atoms with Crippen molar-refractivity contribution in [1.82, 2.24) is 0 Å². The van der Waals surface area contributed by atoms with E-state index in [0.29, 0.717) is 5.75 Å². The molecule has 0 aromatic heterocycles. The minimum absolute atomic E-state index is 0.198. The average Bonchev–Trinajstić information content (AvgIpc) is 2.18. The zero-order valence-electron chi connectivity index (χ0n) is 7.16. The largest absolute Gasteiger partial charge is 0.323 e. The molecule has 0 aliphatic carbocycles. The predicted molar refractivity (Wildman–Crippen MR) is 58.0 cm³/mol. The van der Waals surface area contributed by atoms with Gasteiger partial charge in [0.1, 0.15) is 0 Å². The van der Waals surface area contributed by atoms with Crippen molar-refractivity contribution in [2.75, 3.05) is 5.32 Å². The maximum Gasteiger partial charge on any atom is 0.247 e. The molecule has 0 fully saturated rings. The van der Waals surface area contributed by atoms with Crippen molar-refractivity contribution in [3.05, 3.63) is 42.5 Å². The van der Waals surface area contributed by atoms with Crippen molar-refractivity contribution in [2.24, 2.45) is 0 Å². The summed E-state index contributed by atoms with van der Waals surface area (Å²) in [6.07, 6.45) is 1.24. The van der Waals surface area contributed by atoms with Crippen LogP contribution in [0.2, 0.25) is 0 Å². The fourth-order valence-corrected chi connectivity index (χ4v) is 1.14. The molecule has 2 nitrogen and oxygen atoms in total. The van der Waals surface area contributed by atoms with Crippen LogP contribution in [-0.4, -0.2) is 5.91 Å². The molecule has 0 saturated heterocycles. The van der Waals surface area contributed by atoms with Crippen LogP contribution >= 0.6 is 12.6 Å². The number of hydrogen-bond acceptors (Lipinski definition) is 2. The first-order valence-electron chi connectivity index (χ1n) is 3.89. The highest BCUT2D eigenvalue weighted by molar-refractivity contribution is 7.79. The Bertz CT molecular complexity index is 322. The van der Waals surface area contributed by atoms with Gasteiger partial charge >= 0.3 is 0 Å². The summed E-state index contributed by atoms with van der Waals surface area (Å²) in [5.74, 6) is 0.467. The van der Waals surface area contributed by atoms with Gasteiger partial charge in [0, 0.05) is 11.4 Å². The molecule has 0 heterocycles. The third kappa shape index (κ3) is 2.95. The second-order valence-corrected chi connectivity index (χ2v) is 2.87. The molecule has 1 amide bonds. The minimum atomic E-state index is -0.198. The summed E-state index contributed by atoms with van der Waals surface area (Å²) in [6.45, 7) is 3.37. The van der Waals surface area contributed by atoms with E-state index in [9.17, 15) is 4.79 Å². The molecule has 1 aromatic rings. The first kappa shape index (κ1) is 9.86. The summed E-state index contributed by atoms with van der Waals surface area (Å²) in [5.41, 5.74) is 1.85. The Morgan fingerprint density at radius 1 is 1.62 bits per heavy atom. The molecule has 0 aliphatic heterocycles. The molecule has 1 N–H and O–H groups in total. The Balaban J connectivity index is 2.77. The van der Waals surface area contributed by atoms with Gasteiger partial charge in [-0.25, -0.2) is 0 Å². The highest BCUT2D eigenvalue weighted by atomic mass is 32.1. The minimum Gasteiger partial charge on any atom is -0.323 e. The summed E-state index contributed by atoms with van der Waals surface area (Å²) in [5, 5.41) is 2.68. The van der Waals surface area contributed by atoms with Crippen molar-refractivity contribution < 1.29 is 4.79 Å². The van der Waals surface area contributed by atoms with Crippen LogP contribution in [-0.2, 0) is 10.5 Å². The smallest absolute Gasteiger partial charge is 0.247 e. The van der Waals surface area contributed by atoms with E-state index in [1.807, 2.05) is 24.3 Å². The first-order chi connectivity index (χ1) is 6.26. The Morgan fingerprint density at radius 3 is 3.00 bits per heavy atom. The van der Waals surface area contributed by atoms with Gasteiger partial charge in [-0.1, -0.05) is 18.7 Å². The fraction of sp³-hybridized carbons (Fsp3) is 0.100. The molecule has 1 aromatic carbocycles. The number of nitrogens with one attached hydrogen (secondary N) is 1. The summed E-state index contributed by atoms with van der Waals surface area (Å²) in [6, 6.07) is 7.55. The lowest BCUT2D eigenvalue weighted by Crippen LogP contribution is -2.07. The molecule has 0 bridgehead atoms. The van der Waals surface area contributed by atoms with Gasteiger partial charge in [0.05, 0.1) is 0 Å². The van der Waals surface area contributed by atoms with Crippen LogP contribution < -0.4 is 5.32 Å². The predicted octanol–water partition coefficient (Wildman–Crippen LogP) is 2.24. The number of carbonyl (C=O) groups excluding carboxylic acids is 1. The monoisotopic (exact) mass is 193 g/mol. The van der Waals surface area contributed by atoms with E-state index < -0.39 is 0 Å². The number of benzene rings is 1. The third-order valence-corrected chi connectivity index (χ3v) is 1.93. The lowest BCUT2D eigenvalue weighted by atomic mass is 10.2. The summed E-state index contributed by atoms with van der Waals surface area (Å²) >= 11 is 4.14. The Kier molecular flexibility index (Phi) is 3.58. The second-order valence-electron chi connectivity index (χ2n) is 2.55.